The van der Waals surface area contributed by atoms with E-state index in [2.05, 4.69) is 57.7 Å². The molecule has 0 saturated heterocycles. The van der Waals surface area contributed by atoms with Crippen molar-refractivity contribution in [1.82, 2.24) is 15.3 Å². The number of aromatic amines is 1. The number of aliphatic hydroxyl groups excluding tert-OH is 1. The fourth-order valence-corrected chi connectivity index (χ4v) is 5.43. The predicted molar refractivity (Wildman–Crippen MR) is 145 cm³/mol. The van der Waals surface area contributed by atoms with Gasteiger partial charge in [-0.1, -0.05) is 54.6 Å². The first-order valence-electron chi connectivity index (χ1n) is 13.2. The fraction of sp³-hybridized carbons (Fsp3) is 0.290. The highest BCUT2D eigenvalue weighted by molar-refractivity contribution is 5.91. The minimum atomic E-state index is -0.546. The molecule has 7 nitrogen and oxygen atoms in total. The predicted octanol–water partition coefficient (Wildman–Crippen LogP) is 4.95. The molecule has 0 fully saturated rings. The Bertz CT molecular complexity index is 1460. The van der Waals surface area contributed by atoms with E-state index in [1.54, 1.807) is 0 Å². The molecule has 1 amide bonds. The highest BCUT2D eigenvalue weighted by Gasteiger charge is 2.32. The number of carbonyl (C=O) groups excluding carboxylic acids is 1. The largest absolute Gasteiger partial charge is 0.459 e. The van der Waals surface area contributed by atoms with Crippen molar-refractivity contribution in [2.45, 2.75) is 44.4 Å². The molecule has 6 rings (SSSR count). The number of hydrogen-bond acceptors (Lipinski definition) is 5. The zero-order valence-corrected chi connectivity index (χ0v) is 21.2. The van der Waals surface area contributed by atoms with E-state index < -0.39 is 6.29 Å². The number of aliphatic hydroxyl groups is 1. The second kappa shape index (κ2) is 10.8. The molecule has 2 atom stereocenters. The lowest BCUT2D eigenvalue weighted by Crippen LogP contribution is -2.33. The Morgan fingerprint density at radius 3 is 2.79 bits per heavy atom. The van der Waals surface area contributed by atoms with Gasteiger partial charge in [-0.05, 0) is 65.3 Å². The van der Waals surface area contributed by atoms with Crippen molar-refractivity contribution in [3.63, 3.8) is 0 Å². The molecule has 1 aromatic heterocycles. The second-order valence-corrected chi connectivity index (χ2v) is 9.81. The van der Waals surface area contributed by atoms with Gasteiger partial charge in [0, 0.05) is 18.9 Å². The number of amides is 1. The molecule has 0 bridgehead atoms. The monoisotopic (exact) mass is 509 g/mol. The first kappa shape index (κ1) is 24.4. The van der Waals surface area contributed by atoms with Crippen molar-refractivity contribution in [2.24, 2.45) is 0 Å². The molecule has 3 N–H and O–H groups in total. The number of nitrogens with one attached hydrogen (secondary N) is 2. The molecular weight excluding hydrogens is 478 g/mol. The average Bonchev–Trinajstić information content (AvgIpc) is 3.55. The Balaban J connectivity index is 1.24. The molecule has 4 aromatic rings. The van der Waals surface area contributed by atoms with E-state index in [0.717, 1.165) is 23.9 Å². The minimum Gasteiger partial charge on any atom is -0.459 e. The van der Waals surface area contributed by atoms with Crippen LogP contribution >= 0.6 is 0 Å². The van der Waals surface area contributed by atoms with Crippen LogP contribution in [0.1, 0.15) is 47.7 Å². The van der Waals surface area contributed by atoms with E-state index >= 15 is 0 Å². The number of fused-ring (bicyclic) bond motifs is 4. The lowest BCUT2D eigenvalue weighted by Gasteiger charge is -2.30. The maximum atomic E-state index is 13.3. The molecule has 2 unspecified atom stereocenters. The smallest absolute Gasteiger partial charge is 0.286 e. The highest BCUT2D eigenvalue weighted by Crippen LogP contribution is 2.42. The van der Waals surface area contributed by atoms with E-state index in [-0.39, 0.29) is 30.7 Å². The van der Waals surface area contributed by atoms with Crippen molar-refractivity contribution in [3.8, 4) is 11.1 Å². The highest BCUT2D eigenvalue weighted by atomic mass is 16.7. The van der Waals surface area contributed by atoms with E-state index in [9.17, 15) is 4.79 Å². The minimum absolute atomic E-state index is 0.0252. The van der Waals surface area contributed by atoms with Gasteiger partial charge in [0.25, 0.3) is 5.91 Å². The number of benzene rings is 3. The Labute approximate surface area is 221 Å². The summed E-state index contributed by atoms with van der Waals surface area (Å²) in [6.07, 6.45) is 4.28. The van der Waals surface area contributed by atoms with Gasteiger partial charge >= 0.3 is 0 Å². The molecule has 1 aliphatic heterocycles. The second-order valence-electron chi connectivity index (χ2n) is 9.81. The fourth-order valence-electron chi connectivity index (χ4n) is 5.43. The van der Waals surface area contributed by atoms with Crippen LogP contribution in [-0.4, -0.2) is 40.5 Å². The number of carbonyl (C=O) groups is 1. The van der Waals surface area contributed by atoms with Crippen molar-refractivity contribution in [3.05, 3.63) is 101 Å². The zero-order valence-electron chi connectivity index (χ0n) is 21.2. The first-order valence-corrected chi connectivity index (χ1v) is 13.2. The number of para-hydroxylation sites is 2. The Morgan fingerprint density at radius 2 is 1.89 bits per heavy atom. The van der Waals surface area contributed by atoms with Gasteiger partial charge in [0.1, 0.15) is 5.82 Å². The van der Waals surface area contributed by atoms with Gasteiger partial charge in [0.15, 0.2) is 5.76 Å². The van der Waals surface area contributed by atoms with Gasteiger partial charge in [0.2, 0.25) is 6.29 Å². The normalized spacial score (nSPS) is 18.0. The van der Waals surface area contributed by atoms with Crippen LogP contribution in [0.2, 0.25) is 0 Å². The summed E-state index contributed by atoms with van der Waals surface area (Å²) in [5.41, 5.74) is 8.16. The van der Waals surface area contributed by atoms with Crippen LogP contribution in [0.4, 0.5) is 0 Å². The zero-order chi connectivity index (χ0) is 25.9. The van der Waals surface area contributed by atoms with Crippen molar-refractivity contribution in [1.29, 1.82) is 0 Å². The van der Waals surface area contributed by atoms with Crippen molar-refractivity contribution >= 4 is 16.9 Å². The van der Waals surface area contributed by atoms with Gasteiger partial charge in [-0.2, -0.15) is 0 Å². The Morgan fingerprint density at radius 1 is 1.05 bits per heavy atom. The van der Waals surface area contributed by atoms with Gasteiger partial charge < -0.3 is 24.9 Å². The molecule has 0 saturated carbocycles. The summed E-state index contributed by atoms with van der Waals surface area (Å²) in [5.74, 6) is 0.623. The van der Waals surface area contributed by atoms with Crippen LogP contribution in [0.25, 0.3) is 22.2 Å². The number of nitrogens with zero attached hydrogens (tertiary/aromatic N) is 1. The van der Waals surface area contributed by atoms with Crippen LogP contribution in [0, 0.1) is 0 Å². The van der Waals surface area contributed by atoms with Crippen LogP contribution < -0.4 is 5.32 Å². The summed E-state index contributed by atoms with van der Waals surface area (Å²) in [4.78, 5) is 21.1. The summed E-state index contributed by atoms with van der Waals surface area (Å²) in [7, 11) is 0. The summed E-state index contributed by atoms with van der Waals surface area (Å²) in [6.45, 7) is 0.852. The van der Waals surface area contributed by atoms with E-state index in [1.807, 2.05) is 30.3 Å². The van der Waals surface area contributed by atoms with Gasteiger partial charge in [-0.15, -0.1) is 0 Å². The molecule has 7 heteroatoms. The molecule has 2 aliphatic rings. The molecule has 38 heavy (non-hydrogen) atoms. The van der Waals surface area contributed by atoms with Crippen LogP contribution in [0.15, 0.2) is 78.6 Å². The van der Waals surface area contributed by atoms with E-state index in [4.69, 9.17) is 14.6 Å². The number of unbranched alkanes of at least 4 members (excludes halogenated alkanes) is 1. The van der Waals surface area contributed by atoms with Crippen molar-refractivity contribution in [2.75, 3.05) is 13.2 Å². The molecule has 2 heterocycles. The summed E-state index contributed by atoms with van der Waals surface area (Å²) < 4.78 is 12.1. The number of allylic oxidation sites excluding steroid dienone is 1. The lowest BCUT2D eigenvalue weighted by molar-refractivity contribution is -0.146. The summed E-state index contributed by atoms with van der Waals surface area (Å²) >= 11 is 0. The summed E-state index contributed by atoms with van der Waals surface area (Å²) in [5, 5.41) is 12.1. The lowest BCUT2D eigenvalue weighted by atomic mass is 9.87. The van der Waals surface area contributed by atoms with E-state index in [0.29, 0.717) is 25.3 Å². The number of H-pyrrole nitrogens is 1. The number of ether oxygens (including phenoxy) is 2. The third-order valence-corrected chi connectivity index (χ3v) is 7.28. The molecule has 0 radical (unpaired) electrons. The summed E-state index contributed by atoms with van der Waals surface area (Å²) in [6, 6.07) is 22.7. The number of aromatic nitrogens is 2. The SMILES string of the molecule is O=C(NCc1nc2ccccc2[nH]1)C1=CC(c2cccc3c2Cc2ccccc2-3)CC(OCCCCO)O1. The molecule has 194 valence electrons. The Kier molecular flexibility index (Phi) is 6.94. The Hall–Kier alpha value is -3.94. The molecule has 3 aromatic carbocycles. The van der Waals surface area contributed by atoms with Crippen LogP contribution in [0.5, 0.6) is 0 Å². The third-order valence-electron chi connectivity index (χ3n) is 7.28. The van der Waals surface area contributed by atoms with Crippen LogP contribution in [0.3, 0.4) is 0 Å². The molecular formula is C31H31N3O4. The molecule has 0 spiro atoms. The van der Waals surface area contributed by atoms with E-state index in [1.165, 1.54) is 27.8 Å². The average molecular weight is 510 g/mol. The van der Waals surface area contributed by atoms with Gasteiger partial charge in [-0.3, -0.25) is 4.79 Å². The molecule has 1 aliphatic carbocycles. The maximum absolute atomic E-state index is 13.3. The van der Waals surface area contributed by atoms with Crippen molar-refractivity contribution < 1.29 is 19.4 Å². The number of rotatable bonds is 9. The number of imidazole rings is 1. The quantitative estimate of drug-likeness (QED) is 0.244. The third kappa shape index (κ3) is 4.95. The maximum Gasteiger partial charge on any atom is 0.286 e. The number of hydrogen-bond donors (Lipinski definition) is 3. The topological polar surface area (TPSA) is 96.5 Å². The first-order chi connectivity index (χ1) is 18.7. The van der Waals surface area contributed by atoms with Gasteiger partial charge in [-0.25, -0.2) is 4.98 Å². The van der Waals surface area contributed by atoms with Gasteiger partial charge in [0.05, 0.1) is 24.2 Å². The standard InChI is InChI=1S/C31H31N3O4/c35-14-5-6-15-37-30-18-21(23-10-7-11-24-22-9-2-1-8-20(22)16-25(23)24)17-28(38-30)31(36)32-19-29-33-26-12-3-4-13-27(26)34-29/h1-4,7-13,17,21,30,35H,5-6,14-16,18-19H2,(H,32,36)(H,33,34). The van der Waals surface area contributed by atoms with Crippen LogP contribution in [-0.2, 0) is 27.2 Å².